The van der Waals surface area contributed by atoms with Gasteiger partial charge in [0.1, 0.15) is 0 Å². The fraction of sp³-hybridized carbons (Fsp3) is 0.636. The van der Waals surface area contributed by atoms with Crippen LogP contribution in [0.15, 0.2) is 11.1 Å². The van der Waals surface area contributed by atoms with Crippen molar-refractivity contribution in [3.63, 3.8) is 0 Å². The van der Waals surface area contributed by atoms with Gasteiger partial charge in [-0.05, 0) is 19.8 Å². The van der Waals surface area contributed by atoms with E-state index in [-0.39, 0.29) is 5.57 Å². The zero-order valence-electron chi connectivity index (χ0n) is 9.25. The van der Waals surface area contributed by atoms with Crippen LogP contribution in [-0.2, 0) is 9.59 Å². The molecule has 0 radical (unpaired) electrons. The zero-order chi connectivity index (χ0) is 11.8. The molecule has 0 aromatic rings. The van der Waals surface area contributed by atoms with Crippen LogP contribution < -0.4 is 0 Å². The third-order valence-electron chi connectivity index (χ3n) is 2.26. The lowest BCUT2D eigenvalue weighted by atomic mass is 10.0. The third-order valence-corrected chi connectivity index (χ3v) is 2.26. The van der Waals surface area contributed by atoms with Gasteiger partial charge in [0.15, 0.2) is 0 Å². The molecule has 0 unspecified atom stereocenters. The first kappa shape index (κ1) is 13.7. The predicted molar refractivity (Wildman–Crippen MR) is 56.7 cm³/mol. The standard InChI is InChI=1S/C11H18O4/c1-3-4-5-6-8(2)9(11(14)15)7-10(12)13/h3-7H2,1-2H3,(H,12,13)(H,14,15)/b9-8-. The van der Waals surface area contributed by atoms with Crippen LogP contribution in [0, 0.1) is 0 Å². The normalized spacial score (nSPS) is 12.1. The van der Waals surface area contributed by atoms with Crippen molar-refractivity contribution in [2.24, 2.45) is 0 Å². The van der Waals surface area contributed by atoms with E-state index in [2.05, 4.69) is 6.92 Å². The summed E-state index contributed by atoms with van der Waals surface area (Å²) in [6.45, 7) is 3.76. The second-order valence-corrected chi connectivity index (χ2v) is 3.59. The van der Waals surface area contributed by atoms with E-state index in [4.69, 9.17) is 10.2 Å². The van der Waals surface area contributed by atoms with Crippen LogP contribution in [-0.4, -0.2) is 22.2 Å². The lowest BCUT2D eigenvalue weighted by Crippen LogP contribution is -2.09. The molecule has 0 saturated heterocycles. The Labute approximate surface area is 89.6 Å². The van der Waals surface area contributed by atoms with Gasteiger partial charge in [-0.3, -0.25) is 4.79 Å². The van der Waals surface area contributed by atoms with Gasteiger partial charge in [-0.25, -0.2) is 4.79 Å². The Kier molecular flexibility index (Phi) is 6.42. The Morgan fingerprint density at radius 2 is 1.73 bits per heavy atom. The summed E-state index contributed by atoms with van der Waals surface area (Å²) in [7, 11) is 0. The number of hydrogen-bond acceptors (Lipinski definition) is 2. The number of carbonyl (C=O) groups is 2. The molecule has 0 aromatic carbocycles. The summed E-state index contributed by atoms with van der Waals surface area (Å²) >= 11 is 0. The van der Waals surface area contributed by atoms with E-state index in [1.165, 1.54) is 0 Å². The van der Waals surface area contributed by atoms with E-state index in [1.54, 1.807) is 6.92 Å². The maximum Gasteiger partial charge on any atom is 0.332 e. The van der Waals surface area contributed by atoms with E-state index in [0.717, 1.165) is 19.3 Å². The molecule has 0 heterocycles. The summed E-state index contributed by atoms with van der Waals surface area (Å²) < 4.78 is 0. The minimum Gasteiger partial charge on any atom is -0.481 e. The van der Waals surface area contributed by atoms with Gasteiger partial charge in [0.25, 0.3) is 0 Å². The molecule has 0 bridgehead atoms. The minimum absolute atomic E-state index is 0.0265. The van der Waals surface area contributed by atoms with Crippen LogP contribution in [0.5, 0.6) is 0 Å². The monoisotopic (exact) mass is 214 g/mol. The van der Waals surface area contributed by atoms with E-state index in [9.17, 15) is 9.59 Å². The Bertz CT molecular complexity index is 266. The van der Waals surface area contributed by atoms with Crippen molar-refractivity contribution in [2.75, 3.05) is 0 Å². The van der Waals surface area contributed by atoms with Gasteiger partial charge in [0.05, 0.1) is 6.42 Å². The van der Waals surface area contributed by atoms with Crippen molar-refractivity contribution in [1.82, 2.24) is 0 Å². The molecule has 0 saturated carbocycles. The summed E-state index contributed by atoms with van der Waals surface area (Å²) in [5, 5.41) is 17.4. The number of rotatable bonds is 7. The number of carboxylic acids is 2. The molecule has 0 fully saturated rings. The Morgan fingerprint density at radius 1 is 1.13 bits per heavy atom. The van der Waals surface area contributed by atoms with Crippen LogP contribution in [0.25, 0.3) is 0 Å². The fourth-order valence-corrected chi connectivity index (χ4v) is 1.35. The van der Waals surface area contributed by atoms with Crippen molar-refractivity contribution in [2.45, 2.75) is 46.0 Å². The average molecular weight is 214 g/mol. The summed E-state index contributed by atoms with van der Waals surface area (Å²) in [6, 6.07) is 0. The number of aliphatic carboxylic acids is 2. The Balaban J connectivity index is 4.46. The first-order valence-corrected chi connectivity index (χ1v) is 5.12. The molecule has 4 heteroatoms. The lowest BCUT2D eigenvalue weighted by Gasteiger charge is -2.05. The molecule has 0 spiro atoms. The van der Waals surface area contributed by atoms with Gasteiger partial charge in [-0.1, -0.05) is 25.3 Å². The summed E-state index contributed by atoms with van der Waals surface area (Å²) in [6.07, 6.45) is 3.29. The molecular weight excluding hydrogens is 196 g/mol. The van der Waals surface area contributed by atoms with Crippen molar-refractivity contribution in [3.05, 3.63) is 11.1 Å². The Hall–Kier alpha value is -1.32. The third kappa shape index (κ3) is 5.88. The highest BCUT2D eigenvalue weighted by Crippen LogP contribution is 2.16. The van der Waals surface area contributed by atoms with Crippen molar-refractivity contribution in [1.29, 1.82) is 0 Å². The minimum atomic E-state index is -1.12. The highest BCUT2D eigenvalue weighted by molar-refractivity contribution is 5.92. The van der Waals surface area contributed by atoms with E-state index < -0.39 is 18.4 Å². The maximum absolute atomic E-state index is 10.8. The molecule has 0 rings (SSSR count). The number of unbranched alkanes of at least 4 members (excludes halogenated alkanes) is 2. The summed E-state index contributed by atoms with van der Waals surface area (Å²) in [5.41, 5.74) is 0.706. The number of allylic oxidation sites excluding steroid dienone is 1. The highest BCUT2D eigenvalue weighted by atomic mass is 16.4. The Morgan fingerprint density at radius 3 is 2.13 bits per heavy atom. The molecule has 0 aliphatic rings. The molecule has 0 aromatic heterocycles. The van der Waals surface area contributed by atoms with Gasteiger partial charge in [-0.15, -0.1) is 0 Å². The first-order chi connectivity index (χ1) is 6.99. The molecule has 0 amide bonds. The van der Waals surface area contributed by atoms with Crippen molar-refractivity contribution in [3.8, 4) is 0 Å². The molecule has 0 aliphatic heterocycles. The first-order valence-electron chi connectivity index (χ1n) is 5.12. The van der Waals surface area contributed by atoms with E-state index in [1.807, 2.05) is 0 Å². The van der Waals surface area contributed by atoms with E-state index >= 15 is 0 Å². The molecule has 0 aliphatic carbocycles. The van der Waals surface area contributed by atoms with Crippen molar-refractivity contribution < 1.29 is 19.8 Å². The summed E-state index contributed by atoms with van der Waals surface area (Å²) in [5.74, 6) is -2.21. The molecule has 86 valence electrons. The lowest BCUT2D eigenvalue weighted by molar-refractivity contribution is -0.139. The second kappa shape index (κ2) is 7.04. The maximum atomic E-state index is 10.8. The molecule has 15 heavy (non-hydrogen) atoms. The highest BCUT2D eigenvalue weighted by Gasteiger charge is 2.14. The van der Waals surface area contributed by atoms with Crippen LogP contribution in [0.1, 0.15) is 46.0 Å². The van der Waals surface area contributed by atoms with Gasteiger partial charge in [0.2, 0.25) is 0 Å². The fourth-order valence-electron chi connectivity index (χ4n) is 1.35. The van der Waals surface area contributed by atoms with Gasteiger partial charge in [-0.2, -0.15) is 0 Å². The van der Waals surface area contributed by atoms with Crippen LogP contribution in [0.3, 0.4) is 0 Å². The average Bonchev–Trinajstić information content (AvgIpc) is 2.13. The molecule has 2 N–H and O–H groups in total. The molecule has 4 nitrogen and oxygen atoms in total. The summed E-state index contributed by atoms with van der Waals surface area (Å²) in [4.78, 5) is 21.2. The number of carboxylic acid groups (broad SMARTS) is 2. The van der Waals surface area contributed by atoms with Crippen LogP contribution in [0.4, 0.5) is 0 Å². The second-order valence-electron chi connectivity index (χ2n) is 3.59. The number of hydrogen-bond donors (Lipinski definition) is 2. The van der Waals surface area contributed by atoms with Crippen molar-refractivity contribution >= 4 is 11.9 Å². The van der Waals surface area contributed by atoms with Crippen LogP contribution >= 0.6 is 0 Å². The predicted octanol–water partition coefficient (Wildman–Crippen LogP) is 2.44. The zero-order valence-corrected chi connectivity index (χ0v) is 9.25. The molecule has 0 atom stereocenters. The largest absolute Gasteiger partial charge is 0.481 e. The molecular formula is C11H18O4. The quantitative estimate of drug-likeness (QED) is 0.504. The van der Waals surface area contributed by atoms with Gasteiger partial charge < -0.3 is 10.2 Å². The SMILES string of the molecule is CCCCC/C(C)=C(/CC(=O)O)C(=O)O. The topological polar surface area (TPSA) is 74.6 Å². The van der Waals surface area contributed by atoms with Crippen LogP contribution in [0.2, 0.25) is 0 Å². The van der Waals surface area contributed by atoms with Gasteiger partial charge >= 0.3 is 11.9 Å². The smallest absolute Gasteiger partial charge is 0.332 e. The van der Waals surface area contributed by atoms with Gasteiger partial charge in [0, 0.05) is 5.57 Å². The van der Waals surface area contributed by atoms with E-state index in [0.29, 0.717) is 12.0 Å².